The van der Waals surface area contributed by atoms with Gasteiger partial charge >= 0.3 is 0 Å². The Kier molecular flexibility index (Phi) is 4.65. The van der Waals surface area contributed by atoms with E-state index in [1.807, 2.05) is 0 Å². The summed E-state index contributed by atoms with van der Waals surface area (Å²) in [5, 5.41) is 13.5. The average Bonchev–Trinajstić information content (AvgIpc) is 3.39. The van der Waals surface area contributed by atoms with Crippen molar-refractivity contribution in [2.75, 3.05) is 33.0 Å². The number of Topliss-reactive ketones (excluding diaryl/α,β-unsaturated/α-hetero) is 1. The van der Waals surface area contributed by atoms with Crippen molar-refractivity contribution in [1.82, 2.24) is 10.3 Å². The highest BCUT2D eigenvalue weighted by molar-refractivity contribution is 5.93. The summed E-state index contributed by atoms with van der Waals surface area (Å²) in [5.74, 6) is 0.378. The fourth-order valence-corrected chi connectivity index (χ4v) is 3.31. The Morgan fingerprint density at radius 3 is 2.48 bits per heavy atom. The smallest absolute Gasteiger partial charge is 0.270 e. The van der Waals surface area contributed by atoms with Crippen molar-refractivity contribution in [3.63, 3.8) is 0 Å². The summed E-state index contributed by atoms with van der Waals surface area (Å²) < 4.78 is 16.2. The standard InChI is InChI=1S/C19H24N2O6/c1-12(22)6-18(8-25-9-18)21-16(23)15-5-4-14(19(24)10-26-11-19)17(20-15)27-7-13-2-3-13/h4-5,13,24H,2-3,6-11H2,1H3,(H,21,23). The predicted octanol–water partition coefficient (Wildman–Crippen LogP) is 0.566. The maximum Gasteiger partial charge on any atom is 0.270 e. The first-order valence-electron chi connectivity index (χ1n) is 9.23. The van der Waals surface area contributed by atoms with E-state index in [4.69, 9.17) is 14.2 Å². The van der Waals surface area contributed by atoms with Crippen LogP contribution in [0.2, 0.25) is 0 Å². The summed E-state index contributed by atoms with van der Waals surface area (Å²) in [5.41, 5.74) is -1.07. The van der Waals surface area contributed by atoms with Crippen molar-refractivity contribution in [3.8, 4) is 5.88 Å². The molecule has 0 aromatic carbocycles. The molecule has 3 fully saturated rings. The van der Waals surface area contributed by atoms with Gasteiger partial charge < -0.3 is 24.6 Å². The van der Waals surface area contributed by atoms with E-state index in [1.54, 1.807) is 12.1 Å². The maximum absolute atomic E-state index is 12.7. The Hall–Kier alpha value is -2.03. The third-order valence-electron chi connectivity index (χ3n) is 5.15. The van der Waals surface area contributed by atoms with Gasteiger partial charge in [-0.25, -0.2) is 4.98 Å². The predicted molar refractivity (Wildman–Crippen MR) is 93.5 cm³/mol. The number of pyridine rings is 1. The molecule has 146 valence electrons. The first-order chi connectivity index (χ1) is 12.9. The van der Waals surface area contributed by atoms with Crippen molar-refractivity contribution in [2.45, 2.75) is 37.3 Å². The van der Waals surface area contributed by atoms with Crippen LogP contribution < -0.4 is 10.1 Å². The largest absolute Gasteiger partial charge is 0.477 e. The Morgan fingerprint density at radius 2 is 1.96 bits per heavy atom. The molecule has 1 aromatic rings. The number of ketones is 1. The normalized spacial score (nSPS) is 22.3. The van der Waals surface area contributed by atoms with Gasteiger partial charge in [0.2, 0.25) is 5.88 Å². The second-order valence-corrected chi connectivity index (χ2v) is 7.93. The molecule has 1 aliphatic carbocycles. The number of carbonyl (C=O) groups is 2. The molecular formula is C19H24N2O6. The van der Waals surface area contributed by atoms with Gasteiger partial charge in [0.25, 0.3) is 5.91 Å². The molecule has 8 nitrogen and oxygen atoms in total. The SMILES string of the molecule is CC(=O)CC1(NC(=O)c2ccc(C3(O)COC3)c(OCC3CC3)n2)COC1. The Balaban J connectivity index is 1.53. The topological polar surface area (TPSA) is 107 Å². The van der Waals surface area contributed by atoms with Crippen molar-refractivity contribution in [3.05, 3.63) is 23.4 Å². The number of aliphatic hydroxyl groups is 1. The molecule has 2 N–H and O–H groups in total. The quantitative estimate of drug-likeness (QED) is 0.683. The van der Waals surface area contributed by atoms with E-state index >= 15 is 0 Å². The first-order valence-corrected chi connectivity index (χ1v) is 9.23. The highest BCUT2D eigenvalue weighted by atomic mass is 16.5. The van der Waals surface area contributed by atoms with E-state index in [9.17, 15) is 14.7 Å². The molecule has 0 radical (unpaired) electrons. The minimum Gasteiger partial charge on any atom is -0.477 e. The van der Waals surface area contributed by atoms with Crippen molar-refractivity contribution in [1.29, 1.82) is 0 Å². The zero-order valence-corrected chi connectivity index (χ0v) is 15.3. The number of hydrogen-bond acceptors (Lipinski definition) is 7. The van der Waals surface area contributed by atoms with E-state index in [2.05, 4.69) is 10.3 Å². The zero-order chi connectivity index (χ0) is 19.1. The number of nitrogens with zero attached hydrogens (tertiary/aromatic N) is 1. The molecule has 1 saturated carbocycles. The highest BCUT2D eigenvalue weighted by Crippen LogP contribution is 2.36. The lowest BCUT2D eigenvalue weighted by Crippen LogP contribution is -2.63. The van der Waals surface area contributed by atoms with E-state index in [0.29, 0.717) is 31.3 Å². The van der Waals surface area contributed by atoms with Crippen LogP contribution in [0, 0.1) is 5.92 Å². The summed E-state index contributed by atoms with van der Waals surface area (Å²) in [7, 11) is 0. The molecule has 2 saturated heterocycles. The van der Waals surface area contributed by atoms with Crippen LogP contribution in [0.3, 0.4) is 0 Å². The first kappa shape index (κ1) is 18.3. The fraction of sp³-hybridized carbons (Fsp3) is 0.632. The van der Waals surface area contributed by atoms with E-state index in [1.165, 1.54) is 6.92 Å². The van der Waals surface area contributed by atoms with Crippen LogP contribution in [0.25, 0.3) is 0 Å². The lowest BCUT2D eigenvalue weighted by Gasteiger charge is -2.41. The van der Waals surface area contributed by atoms with Crippen molar-refractivity contribution >= 4 is 11.7 Å². The van der Waals surface area contributed by atoms with Crippen LogP contribution in [-0.2, 0) is 19.9 Å². The van der Waals surface area contributed by atoms with Crippen LogP contribution >= 0.6 is 0 Å². The highest BCUT2D eigenvalue weighted by Gasteiger charge is 2.43. The second kappa shape index (κ2) is 6.85. The Morgan fingerprint density at radius 1 is 1.26 bits per heavy atom. The van der Waals surface area contributed by atoms with Crippen LogP contribution in [-0.4, -0.2) is 60.4 Å². The molecule has 3 heterocycles. The molecule has 27 heavy (non-hydrogen) atoms. The van der Waals surface area contributed by atoms with Gasteiger partial charge in [0.05, 0.1) is 44.1 Å². The number of ether oxygens (including phenoxy) is 3. The van der Waals surface area contributed by atoms with Gasteiger partial charge in [-0.15, -0.1) is 0 Å². The summed E-state index contributed by atoms with van der Waals surface area (Å²) in [6.45, 7) is 2.98. The summed E-state index contributed by atoms with van der Waals surface area (Å²) >= 11 is 0. The van der Waals surface area contributed by atoms with Gasteiger partial charge in [-0.3, -0.25) is 9.59 Å². The van der Waals surface area contributed by atoms with Gasteiger partial charge in [-0.05, 0) is 37.8 Å². The third kappa shape index (κ3) is 3.83. The lowest BCUT2D eigenvalue weighted by atomic mass is 9.90. The minimum absolute atomic E-state index is 0.0115. The molecule has 4 rings (SSSR count). The molecular weight excluding hydrogens is 352 g/mol. The molecule has 1 amide bonds. The maximum atomic E-state index is 12.7. The van der Waals surface area contributed by atoms with Gasteiger partial charge in [0.15, 0.2) is 0 Å². The molecule has 3 aliphatic rings. The Labute approximate surface area is 157 Å². The molecule has 0 unspecified atom stereocenters. The van der Waals surface area contributed by atoms with Gasteiger partial charge in [0, 0.05) is 6.42 Å². The third-order valence-corrected chi connectivity index (χ3v) is 5.15. The number of aromatic nitrogens is 1. The van der Waals surface area contributed by atoms with Crippen LogP contribution in [0.4, 0.5) is 0 Å². The fourth-order valence-electron chi connectivity index (χ4n) is 3.31. The van der Waals surface area contributed by atoms with Gasteiger partial charge in [0.1, 0.15) is 17.1 Å². The van der Waals surface area contributed by atoms with Crippen LogP contribution in [0.1, 0.15) is 42.2 Å². The summed E-state index contributed by atoms with van der Waals surface area (Å²) in [6, 6.07) is 3.23. The average molecular weight is 376 g/mol. The van der Waals surface area contributed by atoms with Gasteiger partial charge in [-0.1, -0.05) is 0 Å². The van der Waals surface area contributed by atoms with E-state index < -0.39 is 11.1 Å². The van der Waals surface area contributed by atoms with Crippen LogP contribution in [0.5, 0.6) is 5.88 Å². The number of amides is 1. The summed E-state index contributed by atoms with van der Waals surface area (Å²) in [6.07, 6.45) is 2.46. The van der Waals surface area contributed by atoms with Crippen molar-refractivity contribution < 1.29 is 28.9 Å². The molecule has 0 spiro atoms. The second-order valence-electron chi connectivity index (χ2n) is 7.93. The summed E-state index contributed by atoms with van der Waals surface area (Å²) in [4.78, 5) is 28.6. The van der Waals surface area contributed by atoms with Crippen molar-refractivity contribution in [2.24, 2.45) is 5.92 Å². The van der Waals surface area contributed by atoms with Crippen LogP contribution in [0.15, 0.2) is 12.1 Å². The monoisotopic (exact) mass is 376 g/mol. The van der Waals surface area contributed by atoms with E-state index in [-0.39, 0.29) is 42.9 Å². The number of hydrogen-bond donors (Lipinski definition) is 2. The van der Waals surface area contributed by atoms with E-state index in [0.717, 1.165) is 12.8 Å². The minimum atomic E-state index is -1.13. The van der Waals surface area contributed by atoms with Gasteiger partial charge in [-0.2, -0.15) is 0 Å². The molecule has 8 heteroatoms. The number of carbonyl (C=O) groups excluding carboxylic acids is 2. The lowest BCUT2D eigenvalue weighted by molar-refractivity contribution is -0.185. The number of rotatable bonds is 8. The Bertz CT molecular complexity index is 753. The molecule has 2 aliphatic heterocycles. The molecule has 0 bridgehead atoms. The molecule has 1 aromatic heterocycles. The zero-order valence-electron chi connectivity index (χ0n) is 15.3. The molecule has 0 atom stereocenters. The number of nitrogens with one attached hydrogen (secondary N) is 1.